The van der Waals surface area contributed by atoms with Gasteiger partial charge >= 0.3 is 0 Å². The molecule has 116 valence electrons. The van der Waals surface area contributed by atoms with Gasteiger partial charge in [0.1, 0.15) is 21.9 Å². The van der Waals surface area contributed by atoms with Crippen LogP contribution in [-0.4, -0.2) is 34.9 Å². The van der Waals surface area contributed by atoms with Crippen LogP contribution in [0, 0.1) is 5.41 Å². The maximum Gasteiger partial charge on any atom is 0.232 e. The summed E-state index contributed by atoms with van der Waals surface area (Å²) >= 11 is 12.3. The standard InChI is InChI=1S/C15H19Cl2NO3/c1-3-10-4-5-12(21-10)11-8-20-7-6-18(11)13(19)14(2)9-15(14,16)17/h4-5,11H,3,6-9H2,1-2H3/t11-,14+/m0/s1. The quantitative estimate of drug-likeness (QED) is 0.798. The molecule has 1 aliphatic heterocycles. The van der Waals surface area contributed by atoms with Crippen molar-refractivity contribution in [3.63, 3.8) is 0 Å². The van der Waals surface area contributed by atoms with Crippen LogP contribution in [0.25, 0.3) is 0 Å². The van der Waals surface area contributed by atoms with Crippen LogP contribution >= 0.6 is 23.2 Å². The fraction of sp³-hybridized carbons (Fsp3) is 0.667. The Labute approximate surface area is 134 Å². The Morgan fingerprint density at radius 2 is 2.19 bits per heavy atom. The van der Waals surface area contributed by atoms with Gasteiger partial charge in [0.05, 0.1) is 18.6 Å². The lowest BCUT2D eigenvalue weighted by Crippen LogP contribution is -2.47. The number of halogens is 2. The molecule has 4 nitrogen and oxygen atoms in total. The van der Waals surface area contributed by atoms with Crippen LogP contribution in [0.15, 0.2) is 16.5 Å². The molecular formula is C15H19Cl2NO3. The number of rotatable bonds is 3. The Balaban J connectivity index is 1.83. The molecule has 1 amide bonds. The van der Waals surface area contributed by atoms with Crippen molar-refractivity contribution in [3.05, 3.63) is 23.7 Å². The molecule has 1 aliphatic carbocycles. The van der Waals surface area contributed by atoms with E-state index in [4.69, 9.17) is 32.4 Å². The van der Waals surface area contributed by atoms with Gasteiger partial charge in [0.25, 0.3) is 0 Å². The topological polar surface area (TPSA) is 42.7 Å². The van der Waals surface area contributed by atoms with Crippen molar-refractivity contribution in [2.24, 2.45) is 5.41 Å². The van der Waals surface area contributed by atoms with Crippen LogP contribution in [0.4, 0.5) is 0 Å². The first kappa shape index (κ1) is 15.2. The van der Waals surface area contributed by atoms with Gasteiger partial charge < -0.3 is 14.1 Å². The lowest BCUT2D eigenvalue weighted by molar-refractivity contribution is -0.146. The molecule has 0 unspecified atom stereocenters. The molecule has 6 heteroatoms. The van der Waals surface area contributed by atoms with E-state index in [1.54, 1.807) is 4.90 Å². The van der Waals surface area contributed by atoms with Gasteiger partial charge in [0, 0.05) is 13.0 Å². The second kappa shape index (κ2) is 5.18. The van der Waals surface area contributed by atoms with E-state index in [0.717, 1.165) is 17.9 Å². The monoisotopic (exact) mass is 331 g/mol. The highest BCUT2D eigenvalue weighted by Gasteiger charge is 2.69. The maximum absolute atomic E-state index is 12.8. The second-order valence-electron chi connectivity index (χ2n) is 5.96. The number of ether oxygens (including phenoxy) is 1. The third-order valence-electron chi connectivity index (χ3n) is 4.48. The molecule has 0 radical (unpaired) electrons. The molecule has 1 aromatic heterocycles. The highest BCUT2D eigenvalue weighted by Crippen LogP contribution is 2.64. The zero-order valence-corrected chi connectivity index (χ0v) is 13.7. The van der Waals surface area contributed by atoms with Crippen LogP contribution in [0.5, 0.6) is 0 Å². The second-order valence-corrected chi connectivity index (χ2v) is 7.44. The fourth-order valence-electron chi connectivity index (χ4n) is 2.79. The molecule has 0 bridgehead atoms. The van der Waals surface area contributed by atoms with Gasteiger partial charge in [-0.1, -0.05) is 6.92 Å². The minimum absolute atomic E-state index is 0.0183. The number of aryl methyl sites for hydroxylation is 1. The van der Waals surface area contributed by atoms with Crippen LogP contribution in [-0.2, 0) is 16.0 Å². The summed E-state index contributed by atoms with van der Waals surface area (Å²) in [4.78, 5) is 14.6. The van der Waals surface area contributed by atoms with Crippen LogP contribution in [0.3, 0.4) is 0 Å². The first-order chi connectivity index (χ1) is 9.89. The largest absolute Gasteiger partial charge is 0.464 e. The molecule has 2 aliphatic rings. The number of nitrogens with zero attached hydrogens (tertiary/aromatic N) is 1. The van der Waals surface area contributed by atoms with Crippen molar-refractivity contribution >= 4 is 29.1 Å². The van der Waals surface area contributed by atoms with Crippen molar-refractivity contribution in [3.8, 4) is 0 Å². The molecule has 21 heavy (non-hydrogen) atoms. The third kappa shape index (κ3) is 2.47. The molecular weight excluding hydrogens is 313 g/mol. The molecule has 2 atom stereocenters. The van der Waals surface area contributed by atoms with Crippen molar-refractivity contribution in [2.45, 2.75) is 37.1 Å². The summed E-state index contributed by atoms with van der Waals surface area (Å²) in [6, 6.07) is 3.66. The van der Waals surface area contributed by atoms with E-state index in [0.29, 0.717) is 26.2 Å². The SMILES string of the molecule is CCc1ccc([C@@H]2COCCN2C(=O)[C@@]2(C)CC2(Cl)Cl)o1. The molecule has 0 N–H and O–H groups in total. The van der Waals surface area contributed by atoms with Gasteiger partial charge in [-0.3, -0.25) is 4.79 Å². The normalized spacial score (nSPS) is 31.2. The number of morpholine rings is 1. The number of furan rings is 1. The van der Waals surface area contributed by atoms with Gasteiger partial charge in [-0.2, -0.15) is 0 Å². The molecule has 1 saturated carbocycles. The van der Waals surface area contributed by atoms with Crippen LogP contribution in [0.2, 0.25) is 0 Å². The van der Waals surface area contributed by atoms with E-state index in [2.05, 4.69) is 0 Å². The average molecular weight is 332 g/mol. The van der Waals surface area contributed by atoms with Crippen molar-refractivity contribution < 1.29 is 13.9 Å². The highest BCUT2D eigenvalue weighted by atomic mass is 35.5. The van der Waals surface area contributed by atoms with Gasteiger partial charge in [-0.25, -0.2) is 0 Å². The van der Waals surface area contributed by atoms with Crippen molar-refractivity contribution in [2.75, 3.05) is 19.8 Å². The fourth-order valence-corrected chi connectivity index (χ4v) is 3.49. The molecule has 3 rings (SSSR count). The van der Waals surface area contributed by atoms with E-state index >= 15 is 0 Å². The van der Waals surface area contributed by atoms with E-state index in [9.17, 15) is 4.79 Å². The maximum atomic E-state index is 12.8. The van der Waals surface area contributed by atoms with Crippen molar-refractivity contribution in [1.82, 2.24) is 4.90 Å². The Morgan fingerprint density at radius 3 is 2.76 bits per heavy atom. The number of alkyl halides is 2. The minimum Gasteiger partial charge on any atom is -0.464 e. The predicted molar refractivity (Wildman–Crippen MR) is 80.5 cm³/mol. The molecule has 0 spiro atoms. The third-order valence-corrected chi connectivity index (χ3v) is 5.58. The predicted octanol–water partition coefficient (Wildman–Crippen LogP) is 3.33. The van der Waals surface area contributed by atoms with E-state index in [1.807, 2.05) is 26.0 Å². The number of carbonyl (C=O) groups is 1. The minimum atomic E-state index is -0.954. The summed E-state index contributed by atoms with van der Waals surface area (Å²) in [6.07, 6.45) is 1.32. The molecule has 1 saturated heterocycles. The Morgan fingerprint density at radius 1 is 1.48 bits per heavy atom. The van der Waals surface area contributed by atoms with E-state index < -0.39 is 9.75 Å². The first-order valence-corrected chi connectivity index (χ1v) is 8.00. The number of hydrogen-bond donors (Lipinski definition) is 0. The smallest absolute Gasteiger partial charge is 0.232 e. The van der Waals surface area contributed by atoms with Crippen molar-refractivity contribution in [1.29, 1.82) is 0 Å². The summed E-state index contributed by atoms with van der Waals surface area (Å²) in [7, 11) is 0. The summed E-state index contributed by atoms with van der Waals surface area (Å²) in [5.74, 6) is 1.65. The zero-order valence-electron chi connectivity index (χ0n) is 12.2. The van der Waals surface area contributed by atoms with Gasteiger partial charge in [-0.05, 0) is 25.5 Å². The van der Waals surface area contributed by atoms with Crippen LogP contribution in [0.1, 0.15) is 37.8 Å². The summed E-state index contributed by atoms with van der Waals surface area (Å²) in [6.45, 7) is 5.35. The number of carbonyl (C=O) groups excluding carboxylic acids is 1. The Kier molecular flexibility index (Phi) is 3.75. The van der Waals surface area contributed by atoms with E-state index in [1.165, 1.54) is 0 Å². The number of amides is 1. The average Bonchev–Trinajstić information content (AvgIpc) is 2.83. The summed E-state index contributed by atoms with van der Waals surface area (Å²) < 4.78 is 10.4. The Hall–Kier alpha value is -0.710. The summed E-state index contributed by atoms with van der Waals surface area (Å²) in [5.41, 5.74) is -0.702. The molecule has 1 aromatic rings. The lowest BCUT2D eigenvalue weighted by Gasteiger charge is -2.36. The van der Waals surface area contributed by atoms with Gasteiger partial charge in [0.15, 0.2) is 0 Å². The van der Waals surface area contributed by atoms with Gasteiger partial charge in [0.2, 0.25) is 5.91 Å². The van der Waals surface area contributed by atoms with Gasteiger partial charge in [-0.15, -0.1) is 23.2 Å². The zero-order chi connectivity index (χ0) is 15.3. The molecule has 0 aromatic carbocycles. The Bertz CT molecular complexity index is 557. The van der Waals surface area contributed by atoms with Crippen LogP contribution < -0.4 is 0 Å². The highest BCUT2D eigenvalue weighted by molar-refractivity contribution is 6.53. The molecule has 2 heterocycles. The first-order valence-electron chi connectivity index (χ1n) is 7.24. The summed E-state index contributed by atoms with van der Waals surface area (Å²) in [5, 5.41) is 0. The lowest BCUT2D eigenvalue weighted by atomic mass is 10.0. The molecule has 2 fully saturated rings. The number of hydrogen-bond acceptors (Lipinski definition) is 3. The van der Waals surface area contributed by atoms with E-state index in [-0.39, 0.29) is 11.9 Å².